The van der Waals surface area contributed by atoms with Crippen molar-refractivity contribution >= 4 is 13.4 Å². The highest BCUT2D eigenvalue weighted by molar-refractivity contribution is 6.30. The van der Waals surface area contributed by atoms with E-state index in [-0.39, 0.29) is 0 Å². The van der Waals surface area contributed by atoms with Crippen LogP contribution in [0.25, 0.3) is 5.69 Å². The van der Waals surface area contributed by atoms with Crippen LogP contribution in [0.4, 0.5) is 0 Å². The van der Waals surface area contributed by atoms with E-state index in [4.69, 9.17) is 7.85 Å². The molecule has 0 N–H and O–H groups in total. The molecule has 1 aromatic carbocycles. The Morgan fingerprint density at radius 3 is 2.69 bits per heavy atom. The predicted molar refractivity (Wildman–Crippen MR) is 51.5 cm³/mol. The lowest BCUT2D eigenvalue weighted by atomic mass is 10.1. The maximum absolute atomic E-state index is 5.47. The molecule has 3 nitrogen and oxygen atoms in total. The minimum absolute atomic E-state index is 0.434. The Balaban J connectivity index is 2.52. The maximum Gasteiger partial charge on any atom is 0.146 e. The number of rotatable bonds is 1. The fourth-order valence-corrected chi connectivity index (χ4v) is 1.21. The molecule has 0 fully saturated rings. The summed E-state index contributed by atoms with van der Waals surface area (Å²) in [6.07, 6.45) is 1.70. The Morgan fingerprint density at radius 1 is 1.31 bits per heavy atom. The van der Waals surface area contributed by atoms with Crippen molar-refractivity contribution in [3.05, 3.63) is 36.0 Å². The van der Waals surface area contributed by atoms with Crippen LogP contribution in [0.3, 0.4) is 0 Å². The number of aryl methyl sites for hydroxylation is 1. The van der Waals surface area contributed by atoms with Crippen molar-refractivity contribution < 1.29 is 0 Å². The van der Waals surface area contributed by atoms with Crippen molar-refractivity contribution in [2.45, 2.75) is 6.92 Å². The van der Waals surface area contributed by atoms with Crippen molar-refractivity contribution in [1.82, 2.24) is 15.0 Å². The summed E-state index contributed by atoms with van der Waals surface area (Å²) in [5.74, 6) is 0. The van der Waals surface area contributed by atoms with Crippen molar-refractivity contribution in [1.29, 1.82) is 0 Å². The van der Waals surface area contributed by atoms with Crippen LogP contribution in [-0.2, 0) is 0 Å². The average molecular weight is 169 g/mol. The molecule has 0 unspecified atom stereocenters. The van der Waals surface area contributed by atoms with Crippen LogP contribution >= 0.6 is 0 Å². The Bertz CT molecular complexity index is 422. The van der Waals surface area contributed by atoms with E-state index in [0.717, 1.165) is 11.3 Å². The zero-order chi connectivity index (χ0) is 9.26. The Labute approximate surface area is 77.8 Å². The zero-order valence-electron chi connectivity index (χ0n) is 7.31. The normalized spacial score (nSPS) is 10.2. The van der Waals surface area contributed by atoms with E-state index >= 15 is 0 Å². The van der Waals surface area contributed by atoms with Gasteiger partial charge in [-0.2, -0.15) is 0 Å². The molecule has 0 saturated heterocycles. The van der Waals surface area contributed by atoms with Crippen molar-refractivity contribution in [2.24, 2.45) is 0 Å². The third kappa shape index (κ3) is 1.47. The molecule has 0 aliphatic rings. The van der Waals surface area contributed by atoms with Crippen molar-refractivity contribution in [3.63, 3.8) is 0 Å². The Morgan fingerprint density at radius 2 is 2.08 bits per heavy atom. The van der Waals surface area contributed by atoms with Gasteiger partial charge in [-0.05, 0) is 18.6 Å². The minimum atomic E-state index is 0.434. The number of benzene rings is 1. The molecule has 4 heteroatoms. The number of aromatic nitrogens is 3. The predicted octanol–water partition coefficient (Wildman–Crippen LogP) is 0.370. The molecule has 0 aliphatic heterocycles. The molecule has 0 bridgehead atoms. The highest BCUT2D eigenvalue weighted by Gasteiger charge is 2.00. The lowest BCUT2D eigenvalue weighted by molar-refractivity contribution is 0.800. The Kier molecular flexibility index (Phi) is 1.89. The molecule has 1 aromatic heterocycles. The SMILES string of the molecule is [B]c1cn(-c2ccccc2C)nn1. The second-order valence-corrected chi connectivity index (χ2v) is 2.87. The third-order valence-electron chi connectivity index (χ3n) is 1.87. The van der Waals surface area contributed by atoms with E-state index < -0.39 is 0 Å². The van der Waals surface area contributed by atoms with Gasteiger partial charge >= 0.3 is 0 Å². The largest absolute Gasteiger partial charge is 0.221 e. The van der Waals surface area contributed by atoms with Gasteiger partial charge in [0, 0.05) is 11.8 Å². The van der Waals surface area contributed by atoms with Crippen LogP contribution in [0.2, 0.25) is 0 Å². The van der Waals surface area contributed by atoms with E-state index in [1.54, 1.807) is 10.9 Å². The number of nitrogens with zero attached hydrogens (tertiary/aromatic N) is 3. The van der Waals surface area contributed by atoms with E-state index in [1.807, 2.05) is 31.2 Å². The van der Waals surface area contributed by atoms with Gasteiger partial charge in [0.1, 0.15) is 7.85 Å². The van der Waals surface area contributed by atoms with Gasteiger partial charge in [0.15, 0.2) is 0 Å². The van der Waals surface area contributed by atoms with Gasteiger partial charge in [0.2, 0.25) is 0 Å². The van der Waals surface area contributed by atoms with E-state index in [9.17, 15) is 0 Å². The molecule has 2 radical (unpaired) electrons. The van der Waals surface area contributed by atoms with E-state index in [0.29, 0.717) is 5.59 Å². The second kappa shape index (κ2) is 3.05. The summed E-state index contributed by atoms with van der Waals surface area (Å²) in [5.41, 5.74) is 2.59. The number of hydrogen-bond acceptors (Lipinski definition) is 2. The summed E-state index contributed by atoms with van der Waals surface area (Å²) in [6, 6.07) is 7.94. The molecular formula is C9H8BN3. The molecule has 0 atom stereocenters. The molecule has 1 heterocycles. The van der Waals surface area contributed by atoms with Crippen LogP contribution in [0.15, 0.2) is 30.5 Å². The van der Waals surface area contributed by atoms with Crippen LogP contribution in [0, 0.1) is 6.92 Å². The lowest BCUT2D eigenvalue weighted by Crippen LogP contribution is -2.01. The van der Waals surface area contributed by atoms with Gasteiger partial charge in [-0.15, -0.1) is 5.10 Å². The first-order chi connectivity index (χ1) is 6.27. The van der Waals surface area contributed by atoms with Crippen LogP contribution in [-0.4, -0.2) is 22.8 Å². The number of para-hydroxylation sites is 1. The maximum atomic E-state index is 5.47. The van der Waals surface area contributed by atoms with Crippen molar-refractivity contribution in [3.8, 4) is 5.69 Å². The summed E-state index contributed by atoms with van der Waals surface area (Å²) in [7, 11) is 5.47. The lowest BCUT2D eigenvalue weighted by Gasteiger charge is -2.02. The summed E-state index contributed by atoms with van der Waals surface area (Å²) >= 11 is 0. The summed E-state index contributed by atoms with van der Waals surface area (Å²) in [5, 5.41) is 7.61. The smallest absolute Gasteiger partial charge is 0.146 e. The second-order valence-electron chi connectivity index (χ2n) is 2.87. The average Bonchev–Trinajstić information content (AvgIpc) is 2.53. The highest BCUT2D eigenvalue weighted by Crippen LogP contribution is 2.09. The molecule has 0 amide bonds. The van der Waals surface area contributed by atoms with Gasteiger partial charge < -0.3 is 0 Å². The first kappa shape index (κ1) is 8.04. The summed E-state index contributed by atoms with van der Waals surface area (Å²) in [6.45, 7) is 2.02. The molecule has 13 heavy (non-hydrogen) atoms. The fourth-order valence-electron chi connectivity index (χ4n) is 1.21. The van der Waals surface area contributed by atoms with Crippen LogP contribution in [0.1, 0.15) is 5.56 Å². The number of hydrogen-bond donors (Lipinski definition) is 0. The van der Waals surface area contributed by atoms with Crippen LogP contribution < -0.4 is 5.59 Å². The fraction of sp³-hybridized carbons (Fsp3) is 0.111. The van der Waals surface area contributed by atoms with E-state index in [1.165, 1.54) is 0 Å². The molecule has 0 spiro atoms. The van der Waals surface area contributed by atoms with E-state index in [2.05, 4.69) is 10.3 Å². The van der Waals surface area contributed by atoms with Gasteiger partial charge in [0.05, 0.1) is 5.69 Å². The Hall–Kier alpha value is -1.58. The molecule has 0 saturated carbocycles. The third-order valence-corrected chi connectivity index (χ3v) is 1.87. The monoisotopic (exact) mass is 169 g/mol. The van der Waals surface area contributed by atoms with Gasteiger partial charge in [-0.3, -0.25) is 0 Å². The van der Waals surface area contributed by atoms with Crippen molar-refractivity contribution in [2.75, 3.05) is 0 Å². The highest BCUT2D eigenvalue weighted by atomic mass is 15.4. The topological polar surface area (TPSA) is 30.7 Å². The molecular weight excluding hydrogens is 161 g/mol. The quantitative estimate of drug-likeness (QED) is 0.577. The molecule has 2 rings (SSSR count). The molecule has 0 aliphatic carbocycles. The van der Waals surface area contributed by atoms with Gasteiger partial charge in [-0.25, -0.2) is 4.68 Å². The minimum Gasteiger partial charge on any atom is -0.221 e. The first-order valence-electron chi connectivity index (χ1n) is 4.01. The first-order valence-corrected chi connectivity index (χ1v) is 4.01. The standard InChI is InChI=1S/C9H8BN3/c1-7-4-2-3-5-8(7)13-6-9(10)11-12-13/h2-6H,1H3. The van der Waals surface area contributed by atoms with Gasteiger partial charge in [0.25, 0.3) is 0 Å². The zero-order valence-corrected chi connectivity index (χ0v) is 7.31. The van der Waals surface area contributed by atoms with Crippen LogP contribution in [0.5, 0.6) is 0 Å². The summed E-state index contributed by atoms with van der Waals surface area (Å²) in [4.78, 5) is 0. The summed E-state index contributed by atoms with van der Waals surface area (Å²) < 4.78 is 1.67. The molecule has 62 valence electrons. The molecule has 2 aromatic rings. The van der Waals surface area contributed by atoms with Gasteiger partial charge in [-0.1, -0.05) is 23.4 Å².